The summed E-state index contributed by atoms with van der Waals surface area (Å²) >= 11 is 3.15. The molecule has 0 aliphatic carbocycles. The predicted molar refractivity (Wildman–Crippen MR) is 51.2 cm³/mol. The zero-order chi connectivity index (χ0) is 9.59. The molecule has 0 amide bonds. The molecule has 1 heterocycles. The molecule has 0 aliphatic heterocycles. The fraction of sp³-hybridized carbons (Fsp3) is 0.125. The Balaban J connectivity index is 3.03. The van der Waals surface area contributed by atoms with E-state index in [1.54, 1.807) is 6.07 Å². The maximum atomic E-state index is 13.3. The van der Waals surface area contributed by atoms with E-state index in [1.807, 2.05) is 0 Å². The van der Waals surface area contributed by atoms with Crippen LogP contribution >= 0.6 is 15.9 Å². The van der Waals surface area contributed by atoms with Gasteiger partial charge in [0.15, 0.2) is 0 Å². The predicted octanol–water partition coefficient (Wildman–Crippen LogP) is 1.77. The Morgan fingerprint density at radius 2 is 2.23 bits per heavy atom. The number of H-pyrrole nitrogens is 1. The molecule has 1 aromatic heterocycles. The minimum atomic E-state index is -0.412. The van der Waals surface area contributed by atoms with Crippen LogP contribution in [-0.2, 0) is 7.05 Å². The second-order valence-corrected chi connectivity index (χ2v) is 3.69. The van der Waals surface area contributed by atoms with Gasteiger partial charge in [0.2, 0.25) is 0 Å². The van der Waals surface area contributed by atoms with E-state index >= 15 is 0 Å². The number of aromatic nitrogens is 2. The molecule has 68 valence electrons. The van der Waals surface area contributed by atoms with Crippen molar-refractivity contribution >= 4 is 27.0 Å². The molecule has 0 spiro atoms. The number of imidazole rings is 1. The lowest BCUT2D eigenvalue weighted by molar-refractivity contribution is 0.630. The van der Waals surface area contributed by atoms with Gasteiger partial charge < -0.3 is 4.98 Å². The Bertz CT molecular complexity index is 529. The van der Waals surface area contributed by atoms with Crippen LogP contribution in [0.25, 0.3) is 11.0 Å². The summed E-state index contributed by atoms with van der Waals surface area (Å²) in [6, 6.07) is 3.00. The number of rotatable bonds is 0. The monoisotopic (exact) mass is 244 g/mol. The first-order valence-electron chi connectivity index (χ1n) is 3.63. The molecule has 0 saturated heterocycles. The lowest BCUT2D eigenvalue weighted by Gasteiger charge is -1.96. The zero-order valence-electron chi connectivity index (χ0n) is 6.77. The number of hydrogen-bond acceptors (Lipinski definition) is 1. The molecule has 13 heavy (non-hydrogen) atoms. The second-order valence-electron chi connectivity index (χ2n) is 2.77. The van der Waals surface area contributed by atoms with Gasteiger partial charge in [-0.1, -0.05) is 15.9 Å². The van der Waals surface area contributed by atoms with Crippen LogP contribution in [0.5, 0.6) is 0 Å². The van der Waals surface area contributed by atoms with E-state index in [4.69, 9.17) is 0 Å². The summed E-state index contributed by atoms with van der Waals surface area (Å²) in [7, 11) is 1.53. The summed E-state index contributed by atoms with van der Waals surface area (Å²) in [4.78, 5) is 13.7. The summed E-state index contributed by atoms with van der Waals surface area (Å²) in [5.74, 6) is -0.412. The lowest BCUT2D eigenvalue weighted by Crippen LogP contribution is -2.12. The first-order chi connectivity index (χ1) is 6.09. The molecule has 0 saturated carbocycles. The number of nitrogens with one attached hydrogen (secondary N) is 1. The number of benzene rings is 1. The van der Waals surface area contributed by atoms with Crippen LogP contribution in [0.1, 0.15) is 0 Å². The van der Waals surface area contributed by atoms with E-state index in [-0.39, 0.29) is 5.69 Å². The van der Waals surface area contributed by atoms with Gasteiger partial charge in [-0.05, 0) is 12.1 Å². The highest BCUT2D eigenvalue weighted by Gasteiger charge is 2.08. The van der Waals surface area contributed by atoms with Gasteiger partial charge in [0.05, 0.1) is 5.52 Å². The van der Waals surface area contributed by atoms with Crippen LogP contribution in [-0.4, -0.2) is 9.55 Å². The standard InChI is InChI=1S/C8H6BrFN2O/c1-12-7-5(10)2-4(9)3-6(7)11-8(12)13/h2-3H,1H3,(H,11,13). The molecule has 2 rings (SSSR count). The third-order valence-electron chi connectivity index (χ3n) is 1.91. The molecular weight excluding hydrogens is 239 g/mol. The van der Waals surface area contributed by atoms with Crippen molar-refractivity contribution in [2.45, 2.75) is 0 Å². The van der Waals surface area contributed by atoms with Gasteiger partial charge in [0.25, 0.3) is 0 Å². The van der Waals surface area contributed by atoms with Crippen molar-refractivity contribution in [1.29, 1.82) is 0 Å². The van der Waals surface area contributed by atoms with Crippen molar-refractivity contribution in [3.63, 3.8) is 0 Å². The second kappa shape index (κ2) is 2.70. The van der Waals surface area contributed by atoms with Gasteiger partial charge in [0.1, 0.15) is 11.3 Å². The summed E-state index contributed by atoms with van der Waals surface area (Å²) in [6.45, 7) is 0. The Kier molecular flexibility index (Phi) is 1.76. The first kappa shape index (κ1) is 8.50. The third-order valence-corrected chi connectivity index (χ3v) is 2.37. The van der Waals surface area contributed by atoms with Crippen LogP contribution in [0, 0.1) is 5.82 Å². The summed E-state index contributed by atoms with van der Waals surface area (Å²) in [5, 5.41) is 0. The van der Waals surface area contributed by atoms with E-state index in [9.17, 15) is 9.18 Å². The van der Waals surface area contributed by atoms with Crippen molar-refractivity contribution in [2.24, 2.45) is 7.05 Å². The summed E-state index contributed by atoms with van der Waals surface area (Å²) < 4.78 is 15.2. The van der Waals surface area contributed by atoms with Crippen LogP contribution in [0.3, 0.4) is 0 Å². The smallest absolute Gasteiger partial charge is 0.305 e. The number of hydrogen-bond donors (Lipinski definition) is 1. The fourth-order valence-electron chi connectivity index (χ4n) is 1.30. The first-order valence-corrected chi connectivity index (χ1v) is 4.42. The molecule has 2 aromatic rings. The van der Waals surface area contributed by atoms with Crippen molar-refractivity contribution in [2.75, 3.05) is 0 Å². The van der Waals surface area contributed by atoms with Gasteiger partial charge in [-0.2, -0.15) is 0 Å². The molecule has 0 unspecified atom stereocenters. The molecule has 5 heteroatoms. The van der Waals surface area contributed by atoms with E-state index < -0.39 is 5.82 Å². The molecule has 0 bridgehead atoms. The maximum absolute atomic E-state index is 13.3. The number of nitrogens with zero attached hydrogens (tertiary/aromatic N) is 1. The van der Waals surface area contributed by atoms with Gasteiger partial charge in [-0.3, -0.25) is 4.57 Å². The topological polar surface area (TPSA) is 37.8 Å². The van der Waals surface area contributed by atoms with E-state index in [0.29, 0.717) is 15.5 Å². The molecule has 0 radical (unpaired) electrons. The van der Waals surface area contributed by atoms with Crippen molar-refractivity contribution in [3.05, 3.63) is 32.9 Å². The van der Waals surface area contributed by atoms with Crippen LogP contribution in [0.4, 0.5) is 4.39 Å². The third kappa shape index (κ3) is 1.19. The largest absolute Gasteiger partial charge is 0.326 e. The van der Waals surface area contributed by atoms with Crippen molar-refractivity contribution in [1.82, 2.24) is 9.55 Å². The Labute approximate surface area is 81.3 Å². The lowest BCUT2D eigenvalue weighted by atomic mass is 10.3. The average molecular weight is 245 g/mol. The Morgan fingerprint density at radius 1 is 1.54 bits per heavy atom. The van der Waals surface area contributed by atoms with E-state index in [1.165, 1.54) is 17.7 Å². The molecule has 1 N–H and O–H groups in total. The molecule has 0 fully saturated rings. The SMILES string of the molecule is Cn1c(=O)[nH]c2cc(Br)cc(F)c21. The molecule has 0 atom stereocenters. The Morgan fingerprint density at radius 3 is 2.92 bits per heavy atom. The van der Waals surface area contributed by atoms with Gasteiger partial charge in [-0.15, -0.1) is 0 Å². The van der Waals surface area contributed by atoms with Gasteiger partial charge >= 0.3 is 5.69 Å². The highest BCUT2D eigenvalue weighted by Crippen LogP contribution is 2.20. The highest BCUT2D eigenvalue weighted by atomic mass is 79.9. The highest BCUT2D eigenvalue weighted by molar-refractivity contribution is 9.10. The molecule has 3 nitrogen and oxygen atoms in total. The quantitative estimate of drug-likeness (QED) is 0.754. The van der Waals surface area contributed by atoms with Crippen LogP contribution in [0.15, 0.2) is 21.4 Å². The number of halogens is 2. The summed E-state index contributed by atoms with van der Waals surface area (Å²) in [6.07, 6.45) is 0. The van der Waals surface area contributed by atoms with E-state index in [2.05, 4.69) is 20.9 Å². The van der Waals surface area contributed by atoms with Crippen LogP contribution in [0.2, 0.25) is 0 Å². The molecule has 0 aliphatic rings. The number of fused-ring (bicyclic) bond motifs is 1. The maximum Gasteiger partial charge on any atom is 0.326 e. The molecular formula is C8H6BrFN2O. The minimum Gasteiger partial charge on any atom is -0.305 e. The van der Waals surface area contributed by atoms with Gasteiger partial charge in [0, 0.05) is 11.5 Å². The van der Waals surface area contributed by atoms with Crippen LogP contribution < -0.4 is 5.69 Å². The zero-order valence-corrected chi connectivity index (χ0v) is 8.35. The number of aryl methyl sites for hydroxylation is 1. The average Bonchev–Trinajstić information content (AvgIpc) is 2.27. The minimum absolute atomic E-state index is 0.299. The number of aromatic amines is 1. The fourth-order valence-corrected chi connectivity index (χ4v) is 1.73. The summed E-state index contributed by atoms with van der Waals surface area (Å²) in [5.41, 5.74) is 0.486. The Hall–Kier alpha value is -1.10. The van der Waals surface area contributed by atoms with Crippen molar-refractivity contribution in [3.8, 4) is 0 Å². The molecule has 1 aromatic carbocycles. The van der Waals surface area contributed by atoms with E-state index in [0.717, 1.165) is 0 Å². The normalized spacial score (nSPS) is 11.0. The van der Waals surface area contributed by atoms with Crippen molar-refractivity contribution < 1.29 is 4.39 Å². The van der Waals surface area contributed by atoms with Gasteiger partial charge in [-0.25, -0.2) is 9.18 Å².